The molecule has 0 atom stereocenters. The van der Waals surface area contributed by atoms with Gasteiger partial charge in [0, 0.05) is 11.5 Å². The molecule has 0 bridgehead atoms. The van der Waals surface area contributed by atoms with Gasteiger partial charge in [0.15, 0.2) is 11.4 Å². The summed E-state index contributed by atoms with van der Waals surface area (Å²) in [5.74, 6) is -0.480. The molecule has 0 amide bonds. The molecule has 0 saturated carbocycles. The van der Waals surface area contributed by atoms with Crippen LogP contribution in [-0.2, 0) is 17.2 Å². The number of nitrogens with zero attached hydrogens (tertiary/aromatic N) is 1. The van der Waals surface area contributed by atoms with Gasteiger partial charge in [-0.15, -0.1) is 0 Å². The summed E-state index contributed by atoms with van der Waals surface area (Å²) in [6.07, 6.45) is 4.96. The van der Waals surface area contributed by atoms with Crippen molar-refractivity contribution in [2.45, 2.75) is 26.2 Å². The van der Waals surface area contributed by atoms with E-state index >= 15 is 0 Å². The van der Waals surface area contributed by atoms with E-state index in [0.29, 0.717) is 11.1 Å². The molecule has 2 heterocycles. The molecular formula is C22H25N4O4+. The van der Waals surface area contributed by atoms with Gasteiger partial charge in [-0.25, -0.2) is 14.3 Å². The van der Waals surface area contributed by atoms with Crippen LogP contribution >= 0.6 is 0 Å². The number of esters is 1. The van der Waals surface area contributed by atoms with Crippen LogP contribution < -0.4 is 26.4 Å². The molecule has 0 radical (unpaired) electrons. The Kier molecular flexibility index (Phi) is 5.60. The lowest BCUT2D eigenvalue weighted by molar-refractivity contribution is -0.672. The minimum atomic E-state index is -0.480. The first-order valence-corrected chi connectivity index (χ1v) is 9.42. The van der Waals surface area contributed by atoms with E-state index in [-0.39, 0.29) is 16.1 Å². The van der Waals surface area contributed by atoms with E-state index in [1.54, 1.807) is 36.7 Å². The van der Waals surface area contributed by atoms with Crippen LogP contribution in [0.2, 0.25) is 0 Å². The van der Waals surface area contributed by atoms with Gasteiger partial charge in [-0.3, -0.25) is 9.59 Å². The highest BCUT2D eigenvalue weighted by Gasteiger charge is 2.26. The molecular weight excluding hydrogens is 384 g/mol. The molecule has 8 nitrogen and oxygen atoms in total. The third-order valence-corrected chi connectivity index (χ3v) is 4.67. The van der Waals surface area contributed by atoms with Crippen LogP contribution in [0.3, 0.4) is 0 Å². The molecule has 0 saturated heterocycles. The molecule has 3 rings (SSSR count). The molecule has 0 fully saturated rings. The number of carbonyl (C=O) groups excluding carboxylic acids is 1. The molecule has 0 aliphatic carbocycles. The minimum absolute atomic E-state index is 0.0913. The average molecular weight is 409 g/mol. The summed E-state index contributed by atoms with van der Waals surface area (Å²) in [6, 6.07) is 6.59. The number of carbonyl (C=O) groups is 1. The van der Waals surface area contributed by atoms with Gasteiger partial charge in [0.2, 0.25) is 6.33 Å². The van der Waals surface area contributed by atoms with Gasteiger partial charge < -0.3 is 14.7 Å². The lowest BCUT2D eigenvalue weighted by Gasteiger charge is -2.13. The molecule has 0 unspecified atom stereocenters. The lowest BCUT2D eigenvalue weighted by Crippen LogP contribution is -2.47. The molecule has 0 aliphatic heterocycles. The normalized spacial score (nSPS) is 13.0. The molecule has 0 spiro atoms. The predicted octanol–water partition coefficient (Wildman–Crippen LogP) is -0.0425. The standard InChI is InChI=1S/C22H24N4O4/c1-22(2,3)18-17(26(4)12-23-18)11-16-20(28)24-15(19(27)25-16)10-13-7-6-8-14(9-13)21(29)30-5/h6-12H,1-5H3,(H2,24,25,27,28)/p+1. The number of nitrogens with one attached hydrogen (secondary N) is 3. The maximum atomic E-state index is 12.6. The summed E-state index contributed by atoms with van der Waals surface area (Å²) in [6.45, 7) is 6.18. The summed E-state index contributed by atoms with van der Waals surface area (Å²) < 4.78 is 6.56. The van der Waals surface area contributed by atoms with E-state index in [4.69, 9.17) is 4.74 Å². The Morgan fingerprint density at radius 2 is 1.70 bits per heavy atom. The van der Waals surface area contributed by atoms with E-state index in [9.17, 15) is 14.4 Å². The average Bonchev–Trinajstić information content (AvgIpc) is 3.06. The Hall–Kier alpha value is -3.68. The zero-order valence-electron chi connectivity index (χ0n) is 17.6. The number of hydrogen-bond acceptors (Lipinski definition) is 4. The molecule has 3 N–H and O–H groups in total. The van der Waals surface area contributed by atoms with Crippen molar-refractivity contribution in [3.63, 3.8) is 0 Å². The Morgan fingerprint density at radius 3 is 2.30 bits per heavy atom. The highest BCUT2D eigenvalue weighted by Crippen LogP contribution is 2.22. The molecule has 2 aromatic heterocycles. The zero-order valence-corrected chi connectivity index (χ0v) is 17.6. The number of rotatable bonds is 3. The minimum Gasteiger partial charge on any atom is -0.465 e. The number of aromatic nitrogens is 4. The van der Waals surface area contributed by atoms with Gasteiger partial charge in [0.25, 0.3) is 11.1 Å². The largest absolute Gasteiger partial charge is 0.465 e. The van der Waals surface area contributed by atoms with Crippen LogP contribution in [-0.4, -0.2) is 28.0 Å². The first-order chi connectivity index (χ1) is 14.1. The van der Waals surface area contributed by atoms with E-state index in [1.165, 1.54) is 13.2 Å². The Balaban J connectivity index is 2.13. The molecule has 0 aliphatic rings. The molecule has 8 heteroatoms. The number of ether oxygens (including phenoxy) is 1. The summed E-state index contributed by atoms with van der Waals surface area (Å²) in [4.78, 5) is 45.4. The zero-order chi connectivity index (χ0) is 22.1. The van der Waals surface area contributed by atoms with Crippen LogP contribution in [0.4, 0.5) is 0 Å². The smallest absolute Gasteiger partial charge is 0.337 e. The maximum Gasteiger partial charge on any atom is 0.337 e. The van der Waals surface area contributed by atoms with E-state index in [0.717, 1.165) is 11.4 Å². The molecule has 156 valence electrons. The van der Waals surface area contributed by atoms with Crippen LogP contribution in [0.1, 0.15) is 48.1 Å². The fraction of sp³-hybridized carbons (Fsp3) is 0.273. The Bertz CT molecular complexity index is 1340. The second kappa shape index (κ2) is 7.98. The van der Waals surface area contributed by atoms with Crippen molar-refractivity contribution in [1.29, 1.82) is 0 Å². The number of methoxy groups -OCH3 is 1. The summed E-state index contributed by atoms with van der Waals surface area (Å²) in [7, 11) is 3.16. The fourth-order valence-electron chi connectivity index (χ4n) is 3.13. The van der Waals surface area contributed by atoms with Crippen molar-refractivity contribution in [1.82, 2.24) is 15.0 Å². The van der Waals surface area contributed by atoms with Crippen molar-refractivity contribution in [3.8, 4) is 0 Å². The Morgan fingerprint density at radius 1 is 1.07 bits per heavy atom. The van der Waals surface area contributed by atoms with Gasteiger partial charge in [-0.05, 0) is 23.8 Å². The van der Waals surface area contributed by atoms with Crippen molar-refractivity contribution >= 4 is 18.1 Å². The van der Waals surface area contributed by atoms with Crippen molar-refractivity contribution in [3.05, 3.63) is 84.5 Å². The fourth-order valence-corrected chi connectivity index (χ4v) is 3.13. The second-order valence-electron chi connectivity index (χ2n) is 8.04. The second-order valence-corrected chi connectivity index (χ2v) is 8.04. The van der Waals surface area contributed by atoms with Crippen molar-refractivity contribution in [2.24, 2.45) is 7.05 Å². The van der Waals surface area contributed by atoms with Gasteiger partial charge in [-0.1, -0.05) is 32.9 Å². The summed E-state index contributed by atoms with van der Waals surface area (Å²) >= 11 is 0. The van der Waals surface area contributed by atoms with Gasteiger partial charge in [0.1, 0.15) is 10.7 Å². The van der Waals surface area contributed by atoms with Gasteiger partial charge in [-0.2, -0.15) is 0 Å². The Labute approximate surface area is 172 Å². The maximum absolute atomic E-state index is 12.6. The number of benzene rings is 1. The quantitative estimate of drug-likeness (QED) is 0.416. The topological polar surface area (TPSA) is 112 Å². The highest BCUT2D eigenvalue weighted by molar-refractivity contribution is 5.89. The SMILES string of the molecule is COC(=O)c1cccc(C=c2[nH]c(=O)c(=Cc3c(C(C)(C)C)[nH]c[n+]3C)[nH]c2=O)c1. The van der Waals surface area contributed by atoms with Crippen LogP contribution in [0, 0.1) is 0 Å². The molecule has 3 aromatic rings. The van der Waals surface area contributed by atoms with E-state index in [1.807, 2.05) is 11.6 Å². The number of aromatic amines is 3. The van der Waals surface area contributed by atoms with Crippen molar-refractivity contribution < 1.29 is 14.1 Å². The van der Waals surface area contributed by atoms with E-state index < -0.39 is 17.1 Å². The van der Waals surface area contributed by atoms with Crippen molar-refractivity contribution in [2.75, 3.05) is 7.11 Å². The van der Waals surface area contributed by atoms with Crippen LogP contribution in [0.5, 0.6) is 0 Å². The van der Waals surface area contributed by atoms with Crippen LogP contribution in [0.15, 0.2) is 40.2 Å². The van der Waals surface area contributed by atoms with Gasteiger partial charge >= 0.3 is 5.97 Å². The number of hydrogen-bond donors (Lipinski definition) is 3. The number of imidazole rings is 1. The molecule has 30 heavy (non-hydrogen) atoms. The highest BCUT2D eigenvalue weighted by atomic mass is 16.5. The van der Waals surface area contributed by atoms with Crippen LogP contribution in [0.25, 0.3) is 12.2 Å². The third kappa shape index (κ3) is 4.32. The first kappa shape index (κ1) is 21.0. The number of aryl methyl sites for hydroxylation is 1. The van der Waals surface area contributed by atoms with E-state index in [2.05, 4.69) is 35.7 Å². The monoisotopic (exact) mass is 409 g/mol. The summed E-state index contributed by atoms with van der Waals surface area (Å²) in [5.41, 5.74) is 1.64. The summed E-state index contributed by atoms with van der Waals surface area (Å²) in [5, 5.41) is 0.245. The number of H-pyrrole nitrogens is 3. The lowest BCUT2D eigenvalue weighted by atomic mass is 9.90. The van der Waals surface area contributed by atoms with Gasteiger partial charge in [0.05, 0.1) is 19.7 Å². The third-order valence-electron chi connectivity index (χ3n) is 4.67. The first-order valence-electron chi connectivity index (χ1n) is 9.42. The molecule has 1 aromatic carbocycles. The predicted molar refractivity (Wildman–Crippen MR) is 113 cm³/mol.